The van der Waals surface area contributed by atoms with Crippen LogP contribution in [0.25, 0.3) is 0 Å². The van der Waals surface area contributed by atoms with Crippen LogP contribution in [-0.4, -0.2) is 52.8 Å². The van der Waals surface area contributed by atoms with E-state index in [9.17, 15) is 9.59 Å². The zero-order valence-corrected chi connectivity index (χ0v) is 14.1. The predicted octanol–water partition coefficient (Wildman–Crippen LogP) is 2.12. The zero-order chi connectivity index (χ0) is 16.9. The first-order chi connectivity index (χ1) is 11.6. The molecule has 2 aromatic rings. The molecule has 24 heavy (non-hydrogen) atoms. The van der Waals surface area contributed by atoms with Crippen LogP contribution in [0.15, 0.2) is 42.7 Å². The number of halogens is 1. The number of amides is 2. The van der Waals surface area contributed by atoms with Crippen LogP contribution in [0.5, 0.6) is 0 Å². The van der Waals surface area contributed by atoms with Gasteiger partial charge in [0.1, 0.15) is 0 Å². The molecule has 1 aliphatic rings. The lowest BCUT2D eigenvalue weighted by Gasteiger charge is -2.35. The van der Waals surface area contributed by atoms with Gasteiger partial charge in [0.15, 0.2) is 0 Å². The maximum Gasteiger partial charge on any atom is 0.227 e. The summed E-state index contributed by atoms with van der Waals surface area (Å²) in [5.74, 6) is 0.161. The van der Waals surface area contributed by atoms with Gasteiger partial charge in [-0.25, -0.2) is 0 Å². The van der Waals surface area contributed by atoms with Crippen molar-refractivity contribution in [1.29, 1.82) is 0 Å². The molecule has 3 rings (SSSR count). The third kappa shape index (κ3) is 3.97. The number of rotatable bonds is 4. The smallest absolute Gasteiger partial charge is 0.227 e. The minimum absolute atomic E-state index is 0.0563. The second-order valence-corrected chi connectivity index (χ2v) is 6.33. The fourth-order valence-corrected chi connectivity index (χ4v) is 3.08. The second kappa shape index (κ2) is 7.53. The standard InChI is InChI=1S/C18H20ClN3O2/c19-16-4-2-1-3-15(16)12-18(24)22-9-7-21(8-10-22)17(23)11-14-5-6-20-13-14/h1-6,13,20H,7-12H2. The number of carbonyl (C=O) groups is 2. The Morgan fingerprint density at radius 3 is 2.17 bits per heavy atom. The van der Waals surface area contributed by atoms with Gasteiger partial charge < -0.3 is 14.8 Å². The number of hydrogen-bond donors (Lipinski definition) is 1. The van der Waals surface area contributed by atoms with E-state index in [1.807, 2.05) is 46.5 Å². The van der Waals surface area contributed by atoms with E-state index in [2.05, 4.69) is 4.98 Å². The Bertz CT molecular complexity index is 707. The van der Waals surface area contributed by atoms with Crippen LogP contribution in [0.3, 0.4) is 0 Å². The van der Waals surface area contributed by atoms with Crippen molar-refractivity contribution in [1.82, 2.24) is 14.8 Å². The van der Waals surface area contributed by atoms with Gasteiger partial charge in [0.2, 0.25) is 11.8 Å². The lowest BCUT2D eigenvalue weighted by atomic mass is 10.1. The number of aromatic nitrogens is 1. The molecule has 0 aliphatic carbocycles. The summed E-state index contributed by atoms with van der Waals surface area (Å²) in [7, 11) is 0. The summed E-state index contributed by atoms with van der Waals surface area (Å²) in [4.78, 5) is 31.3. The van der Waals surface area contributed by atoms with Crippen molar-refractivity contribution in [3.63, 3.8) is 0 Å². The molecule has 0 radical (unpaired) electrons. The average Bonchev–Trinajstić information content (AvgIpc) is 3.10. The minimum atomic E-state index is 0.0563. The molecule has 2 heterocycles. The second-order valence-electron chi connectivity index (χ2n) is 5.93. The average molecular weight is 346 g/mol. The highest BCUT2D eigenvalue weighted by Gasteiger charge is 2.24. The largest absolute Gasteiger partial charge is 0.367 e. The summed E-state index contributed by atoms with van der Waals surface area (Å²) in [6.07, 6.45) is 4.35. The van der Waals surface area contributed by atoms with Gasteiger partial charge in [0.05, 0.1) is 12.8 Å². The molecule has 1 saturated heterocycles. The summed E-state index contributed by atoms with van der Waals surface area (Å²) < 4.78 is 0. The first-order valence-electron chi connectivity index (χ1n) is 8.04. The van der Waals surface area contributed by atoms with Gasteiger partial charge in [0, 0.05) is 43.6 Å². The van der Waals surface area contributed by atoms with Crippen molar-refractivity contribution < 1.29 is 9.59 Å². The number of piperazine rings is 1. The third-order valence-electron chi connectivity index (χ3n) is 4.30. The normalized spacial score (nSPS) is 14.7. The lowest BCUT2D eigenvalue weighted by molar-refractivity contribution is -0.138. The van der Waals surface area contributed by atoms with E-state index in [1.54, 1.807) is 6.07 Å². The van der Waals surface area contributed by atoms with Gasteiger partial charge >= 0.3 is 0 Å². The maximum atomic E-state index is 12.4. The summed E-state index contributed by atoms with van der Waals surface area (Å²) in [5.41, 5.74) is 1.83. The SMILES string of the molecule is O=C(Cc1cc[nH]c1)N1CCN(C(=O)Cc2ccccc2Cl)CC1. The Kier molecular flexibility index (Phi) is 5.20. The van der Waals surface area contributed by atoms with Crippen molar-refractivity contribution in [2.45, 2.75) is 12.8 Å². The molecule has 6 heteroatoms. The first kappa shape index (κ1) is 16.6. The summed E-state index contributed by atoms with van der Waals surface area (Å²) in [5, 5.41) is 0.617. The zero-order valence-electron chi connectivity index (χ0n) is 13.4. The lowest BCUT2D eigenvalue weighted by Crippen LogP contribution is -2.51. The van der Waals surface area contributed by atoms with Gasteiger partial charge in [-0.05, 0) is 23.3 Å². The number of nitrogens with zero attached hydrogens (tertiary/aromatic N) is 2. The van der Waals surface area contributed by atoms with Crippen LogP contribution >= 0.6 is 11.6 Å². The fraction of sp³-hybridized carbons (Fsp3) is 0.333. The number of H-pyrrole nitrogens is 1. The molecule has 1 aromatic carbocycles. The highest BCUT2D eigenvalue weighted by Crippen LogP contribution is 2.17. The van der Waals surface area contributed by atoms with Crippen molar-refractivity contribution in [2.75, 3.05) is 26.2 Å². The van der Waals surface area contributed by atoms with E-state index in [0.717, 1.165) is 11.1 Å². The number of benzene rings is 1. The van der Waals surface area contributed by atoms with Crippen LogP contribution in [0.2, 0.25) is 5.02 Å². The Morgan fingerprint density at radius 1 is 0.958 bits per heavy atom. The fourth-order valence-electron chi connectivity index (χ4n) is 2.88. The molecule has 0 bridgehead atoms. The molecular formula is C18H20ClN3O2. The quantitative estimate of drug-likeness (QED) is 0.922. The molecule has 5 nitrogen and oxygen atoms in total. The van der Waals surface area contributed by atoms with Crippen LogP contribution < -0.4 is 0 Å². The summed E-state index contributed by atoms with van der Waals surface area (Å²) >= 11 is 6.11. The van der Waals surface area contributed by atoms with Gasteiger partial charge in [-0.15, -0.1) is 0 Å². The molecule has 1 N–H and O–H groups in total. The Hall–Kier alpha value is -2.27. The third-order valence-corrected chi connectivity index (χ3v) is 4.67. The van der Waals surface area contributed by atoms with E-state index in [0.29, 0.717) is 44.0 Å². The molecule has 0 saturated carbocycles. The topological polar surface area (TPSA) is 56.4 Å². The van der Waals surface area contributed by atoms with E-state index in [4.69, 9.17) is 11.6 Å². The number of hydrogen-bond acceptors (Lipinski definition) is 2. The Balaban J connectivity index is 1.50. The molecule has 1 aromatic heterocycles. The minimum Gasteiger partial charge on any atom is -0.367 e. The number of aromatic amines is 1. The summed E-state index contributed by atoms with van der Waals surface area (Å²) in [6.45, 7) is 2.30. The van der Waals surface area contributed by atoms with Gasteiger partial charge in [0.25, 0.3) is 0 Å². The van der Waals surface area contributed by atoms with Crippen LogP contribution in [-0.2, 0) is 22.4 Å². The van der Waals surface area contributed by atoms with E-state index >= 15 is 0 Å². The number of carbonyl (C=O) groups excluding carboxylic acids is 2. The van der Waals surface area contributed by atoms with Gasteiger partial charge in [-0.3, -0.25) is 9.59 Å². The van der Waals surface area contributed by atoms with Crippen LogP contribution in [0, 0.1) is 0 Å². The van der Waals surface area contributed by atoms with E-state index in [-0.39, 0.29) is 11.8 Å². The van der Waals surface area contributed by atoms with Crippen LogP contribution in [0.4, 0.5) is 0 Å². The summed E-state index contributed by atoms with van der Waals surface area (Å²) in [6, 6.07) is 9.30. The molecule has 0 atom stereocenters. The first-order valence-corrected chi connectivity index (χ1v) is 8.42. The van der Waals surface area contributed by atoms with Crippen molar-refractivity contribution in [3.8, 4) is 0 Å². The Labute approximate surface area is 146 Å². The van der Waals surface area contributed by atoms with Crippen molar-refractivity contribution >= 4 is 23.4 Å². The molecular weight excluding hydrogens is 326 g/mol. The van der Waals surface area contributed by atoms with Gasteiger partial charge in [-0.1, -0.05) is 29.8 Å². The van der Waals surface area contributed by atoms with Crippen molar-refractivity contribution in [2.24, 2.45) is 0 Å². The molecule has 2 amide bonds. The molecule has 0 spiro atoms. The van der Waals surface area contributed by atoms with Crippen LogP contribution in [0.1, 0.15) is 11.1 Å². The molecule has 0 unspecified atom stereocenters. The maximum absolute atomic E-state index is 12.4. The van der Waals surface area contributed by atoms with E-state index in [1.165, 1.54) is 0 Å². The van der Waals surface area contributed by atoms with Gasteiger partial charge in [-0.2, -0.15) is 0 Å². The highest BCUT2D eigenvalue weighted by molar-refractivity contribution is 6.31. The monoisotopic (exact) mass is 345 g/mol. The predicted molar refractivity (Wildman–Crippen MR) is 92.8 cm³/mol. The number of nitrogens with one attached hydrogen (secondary N) is 1. The molecule has 1 aliphatic heterocycles. The Morgan fingerprint density at radius 2 is 1.58 bits per heavy atom. The molecule has 1 fully saturated rings. The van der Waals surface area contributed by atoms with Crippen molar-refractivity contribution in [3.05, 3.63) is 58.9 Å². The highest BCUT2D eigenvalue weighted by atomic mass is 35.5. The van der Waals surface area contributed by atoms with E-state index < -0.39 is 0 Å². The molecule has 126 valence electrons.